The third kappa shape index (κ3) is 4.10. The zero-order valence-electron chi connectivity index (χ0n) is 14.1. The number of halogens is 1. The molecule has 1 aliphatic rings. The van der Waals surface area contributed by atoms with Crippen molar-refractivity contribution in [2.75, 3.05) is 0 Å². The molecule has 3 rings (SSSR count). The first kappa shape index (κ1) is 18.1. The van der Waals surface area contributed by atoms with E-state index >= 15 is 0 Å². The number of benzene rings is 2. The van der Waals surface area contributed by atoms with Crippen LogP contribution in [0.15, 0.2) is 41.4 Å². The lowest BCUT2D eigenvalue weighted by Crippen LogP contribution is -2.32. The summed E-state index contributed by atoms with van der Waals surface area (Å²) < 4.78 is 29.7. The highest BCUT2D eigenvalue weighted by Crippen LogP contribution is 2.34. The molecule has 7 heteroatoms. The number of aliphatic imine (C=N–C) groups is 1. The molecule has 5 nitrogen and oxygen atoms in total. The van der Waals surface area contributed by atoms with Crippen molar-refractivity contribution < 1.29 is 13.5 Å². The van der Waals surface area contributed by atoms with Crippen LogP contribution < -0.4 is 9.46 Å². The quantitative estimate of drug-likeness (QED) is 0.828. The summed E-state index contributed by atoms with van der Waals surface area (Å²) in [6, 6.07) is 11.4. The Morgan fingerprint density at radius 2 is 2.04 bits per heavy atom. The van der Waals surface area contributed by atoms with Gasteiger partial charge in [0.05, 0.1) is 5.71 Å². The number of hydrogen-bond donors (Lipinski definition) is 1. The van der Waals surface area contributed by atoms with Crippen molar-refractivity contribution >= 4 is 28.6 Å². The molecule has 0 aromatic heterocycles. The Kier molecular flexibility index (Phi) is 4.97. The minimum atomic E-state index is -2.30. The summed E-state index contributed by atoms with van der Waals surface area (Å²) in [7, 11) is 0. The standard InChI is InChI=1S/C18H19ClN2O3S/c1-11-8-13(5-7-15(11)19)17-14-6-4-12(10-20-25(22)23)9-16(14)24-18(2,3)21-17/h4-9,20H,10H2,1-3H3,(H,22,23)/p-1. The Hall–Kier alpha value is -1.73. The van der Waals surface area contributed by atoms with Crippen molar-refractivity contribution in [3.8, 4) is 5.75 Å². The van der Waals surface area contributed by atoms with E-state index in [9.17, 15) is 8.76 Å². The topological polar surface area (TPSA) is 73.8 Å². The van der Waals surface area contributed by atoms with Crippen LogP contribution in [0.5, 0.6) is 5.75 Å². The average molecular weight is 378 g/mol. The molecule has 132 valence electrons. The second-order valence-electron chi connectivity index (χ2n) is 6.36. The fraction of sp³-hybridized carbons (Fsp3) is 0.278. The van der Waals surface area contributed by atoms with Crippen molar-refractivity contribution in [1.82, 2.24) is 4.72 Å². The summed E-state index contributed by atoms with van der Waals surface area (Å²) in [5, 5.41) is 0.711. The van der Waals surface area contributed by atoms with Crippen molar-refractivity contribution in [3.05, 3.63) is 63.7 Å². The minimum Gasteiger partial charge on any atom is -0.760 e. The third-order valence-corrected chi connectivity index (χ3v) is 4.67. The van der Waals surface area contributed by atoms with Gasteiger partial charge < -0.3 is 9.29 Å². The molecule has 2 aromatic rings. The fourth-order valence-electron chi connectivity index (χ4n) is 2.73. The summed E-state index contributed by atoms with van der Waals surface area (Å²) in [4.78, 5) is 4.74. The van der Waals surface area contributed by atoms with Crippen molar-refractivity contribution in [1.29, 1.82) is 0 Å². The van der Waals surface area contributed by atoms with Gasteiger partial charge in [-0.05, 0) is 56.2 Å². The molecule has 0 saturated carbocycles. The van der Waals surface area contributed by atoms with Crippen LogP contribution in [0.25, 0.3) is 0 Å². The molecule has 0 spiro atoms. The molecular formula is C18H18ClN2O3S-. The van der Waals surface area contributed by atoms with Gasteiger partial charge in [0.2, 0.25) is 0 Å². The molecule has 2 aromatic carbocycles. The molecule has 1 aliphatic heterocycles. The van der Waals surface area contributed by atoms with Gasteiger partial charge in [-0.2, -0.15) is 0 Å². The summed E-state index contributed by atoms with van der Waals surface area (Å²) in [5.74, 6) is 0.679. The molecule has 25 heavy (non-hydrogen) atoms. The molecule has 1 heterocycles. The number of ether oxygens (including phenoxy) is 1. The zero-order chi connectivity index (χ0) is 18.2. The van der Waals surface area contributed by atoms with E-state index in [1.807, 2.05) is 57.2 Å². The summed E-state index contributed by atoms with van der Waals surface area (Å²) in [6.45, 7) is 5.93. The largest absolute Gasteiger partial charge is 0.760 e. The van der Waals surface area contributed by atoms with Crippen LogP contribution in [0.1, 0.15) is 36.1 Å². The lowest BCUT2D eigenvalue weighted by atomic mass is 9.96. The molecule has 0 amide bonds. The highest BCUT2D eigenvalue weighted by atomic mass is 35.5. The monoisotopic (exact) mass is 377 g/mol. The Morgan fingerprint density at radius 1 is 1.28 bits per heavy atom. The highest BCUT2D eigenvalue weighted by molar-refractivity contribution is 7.77. The molecule has 0 fully saturated rings. The predicted octanol–water partition coefficient (Wildman–Crippen LogP) is 3.50. The van der Waals surface area contributed by atoms with E-state index in [4.69, 9.17) is 21.3 Å². The highest BCUT2D eigenvalue weighted by Gasteiger charge is 2.29. The molecule has 1 unspecified atom stereocenters. The molecular weight excluding hydrogens is 360 g/mol. The lowest BCUT2D eigenvalue weighted by molar-refractivity contribution is 0.115. The summed E-state index contributed by atoms with van der Waals surface area (Å²) >= 11 is 3.83. The number of rotatable bonds is 4. The van der Waals surface area contributed by atoms with Gasteiger partial charge in [-0.15, -0.1) is 0 Å². The maximum absolute atomic E-state index is 10.7. The number of aryl methyl sites for hydroxylation is 1. The lowest BCUT2D eigenvalue weighted by Gasteiger charge is -2.30. The molecule has 1 atom stereocenters. The van der Waals surface area contributed by atoms with Crippen LogP contribution in [0.4, 0.5) is 0 Å². The molecule has 0 aliphatic carbocycles. The number of nitrogens with zero attached hydrogens (tertiary/aromatic N) is 1. The van der Waals surface area contributed by atoms with Gasteiger partial charge >= 0.3 is 0 Å². The third-order valence-electron chi connectivity index (χ3n) is 3.87. The van der Waals surface area contributed by atoms with Crippen molar-refractivity contribution in [2.24, 2.45) is 4.99 Å². The smallest absolute Gasteiger partial charge is 0.195 e. The Bertz CT molecular complexity index is 881. The maximum atomic E-state index is 10.7. The summed E-state index contributed by atoms with van der Waals surface area (Å²) in [6.07, 6.45) is 0. The Labute approximate surface area is 154 Å². The van der Waals surface area contributed by atoms with E-state index < -0.39 is 17.0 Å². The van der Waals surface area contributed by atoms with E-state index in [0.717, 1.165) is 28.0 Å². The first-order chi connectivity index (χ1) is 11.7. The number of hydrogen-bond acceptors (Lipinski definition) is 4. The first-order valence-electron chi connectivity index (χ1n) is 7.77. The molecule has 1 N–H and O–H groups in total. The van der Waals surface area contributed by atoms with Gasteiger partial charge in [-0.1, -0.05) is 23.7 Å². The van der Waals surface area contributed by atoms with Crippen LogP contribution in [0.3, 0.4) is 0 Å². The zero-order valence-corrected chi connectivity index (χ0v) is 15.7. The van der Waals surface area contributed by atoms with E-state index in [-0.39, 0.29) is 6.54 Å². The second-order valence-corrected chi connectivity index (χ2v) is 7.52. The van der Waals surface area contributed by atoms with Crippen LogP contribution >= 0.6 is 11.6 Å². The number of fused-ring (bicyclic) bond motifs is 1. The SMILES string of the molecule is Cc1cc(C2=NC(C)(C)Oc3cc(CNS(=O)[O-])ccc32)ccc1Cl. The van der Waals surface area contributed by atoms with Crippen molar-refractivity contribution in [3.63, 3.8) is 0 Å². The Balaban J connectivity index is 2.04. The van der Waals surface area contributed by atoms with E-state index in [0.29, 0.717) is 10.8 Å². The first-order valence-corrected chi connectivity index (χ1v) is 9.22. The fourth-order valence-corrected chi connectivity index (χ4v) is 3.13. The van der Waals surface area contributed by atoms with Gasteiger partial charge in [0.15, 0.2) is 5.72 Å². The van der Waals surface area contributed by atoms with Gasteiger partial charge in [-0.3, -0.25) is 4.21 Å². The maximum Gasteiger partial charge on any atom is 0.195 e. The normalized spacial score (nSPS) is 16.6. The minimum absolute atomic E-state index is 0.208. The molecule has 0 saturated heterocycles. The van der Waals surface area contributed by atoms with E-state index in [2.05, 4.69) is 4.72 Å². The van der Waals surface area contributed by atoms with E-state index in [1.165, 1.54) is 0 Å². The molecule has 0 bridgehead atoms. The second kappa shape index (κ2) is 6.88. The Morgan fingerprint density at radius 3 is 2.72 bits per heavy atom. The number of nitrogens with one attached hydrogen (secondary N) is 1. The van der Waals surface area contributed by atoms with Crippen LogP contribution in [0.2, 0.25) is 5.02 Å². The van der Waals surface area contributed by atoms with Crippen molar-refractivity contribution in [2.45, 2.75) is 33.0 Å². The van der Waals surface area contributed by atoms with Crippen LogP contribution in [0, 0.1) is 6.92 Å². The van der Waals surface area contributed by atoms with Gasteiger partial charge in [0, 0.05) is 34.0 Å². The predicted molar refractivity (Wildman–Crippen MR) is 98.7 cm³/mol. The average Bonchev–Trinajstić information content (AvgIpc) is 2.53. The van der Waals surface area contributed by atoms with Crippen LogP contribution in [-0.2, 0) is 17.8 Å². The van der Waals surface area contributed by atoms with Gasteiger partial charge in [-0.25, -0.2) is 9.71 Å². The van der Waals surface area contributed by atoms with E-state index in [1.54, 1.807) is 0 Å². The van der Waals surface area contributed by atoms with Crippen LogP contribution in [-0.4, -0.2) is 20.2 Å². The summed E-state index contributed by atoms with van der Waals surface area (Å²) in [5.41, 5.74) is 3.74. The van der Waals surface area contributed by atoms with Gasteiger partial charge in [0.1, 0.15) is 5.75 Å². The van der Waals surface area contributed by atoms with Gasteiger partial charge in [0.25, 0.3) is 0 Å². The molecule has 0 radical (unpaired) electrons.